The summed E-state index contributed by atoms with van der Waals surface area (Å²) in [4.78, 5) is 12.5. The highest BCUT2D eigenvalue weighted by atomic mass is 14.9. The highest BCUT2D eigenvalue weighted by molar-refractivity contribution is 5.53. The SMILES string of the molecule is NCCc1cnc(-c2ccncc2)nc1. The Kier molecular flexibility index (Phi) is 2.99. The van der Waals surface area contributed by atoms with Crippen LogP contribution in [0.2, 0.25) is 0 Å². The summed E-state index contributed by atoms with van der Waals surface area (Å²) in [6, 6.07) is 3.77. The molecule has 15 heavy (non-hydrogen) atoms. The Bertz CT molecular complexity index is 410. The zero-order valence-electron chi connectivity index (χ0n) is 8.30. The van der Waals surface area contributed by atoms with E-state index in [1.165, 1.54) is 0 Å². The van der Waals surface area contributed by atoms with Crippen molar-refractivity contribution < 1.29 is 0 Å². The van der Waals surface area contributed by atoms with Gasteiger partial charge in [-0.2, -0.15) is 0 Å². The van der Waals surface area contributed by atoms with E-state index in [1.807, 2.05) is 24.5 Å². The van der Waals surface area contributed by atoms with E-state index in [2.05, 4.69) is 15.0 Å². The van der Waals surface area contributed by atoms with Gasteiger partial charge in [0.1, 0.15) is 0 Å². The summed E-state index contributed by atoms with van der Waals surface area (Å²) in [5, 5.41) is 0. The fourth-order valence-electron chi connectivity index (χ4n) is 1.30. The predicted molar refractivity (Wildman–Crippen MR) is 58.0 cm³/mol. The Hall–Kier alpha value is -1.81. The summed E-state index contributed by atoms with van der Waals surface area (Å²) in [5.74, 6) is 0.721. The number of hydrogen-bond donors (Lipinski definition) is 1. The Morgan fingerprint density at radius 2 is 1.73 bits per heavy atom. The van der Waals surface area contributed by atoms with Gasteiger partial charge in [-0.3, -0.25) is 4.98 Å². The molecule has 76 valence electrons. The second-order valence-corrected chi connectivity index (χ2v) is 3.19. The molecule has 0 aromatic carbocycles. The molecule has 2 N–H and O–H groups in total. The van der Waals surface area contributed by atoms with Crippen LogP contribution in [0.15, 0.2) is 36.9 Å². The van der Waals surface area contributed by atoms with Crippen molar-refractivity contribution in [3.63, 3.8) is 0 Å². The zero-order chi connectivity index (χ0) is 10.5. The largest absolute Gasteiger partial charge is 0.330 e. The van der Waals surface area contributed by atoms with Crippen LogP contribution in [0.1, 0.15) is 5.56 Å². The van der Waals surface area contributed by atoms with Gasteiger partial charge in [-0.1, -0.05) is 0 Å². The first-order valence-corrected chi connectivity index (χ1v) is 4.81. The molecule has 4 heteroatoms. The molecule has 0 atom stereocenters. The van der Waals surface area contributed by atoms with Crippen molar-refractivity contribution in [3.8, 4) is 11.4 Å². The topological polar surface area (TPSA) is 64.7 Å². The van der Waals surface area contributed by atoms with Gasteiger partial charge in [-0.05, 0) is 30.7 Å². The lowest BCUT2D eigenvalue weighted by atomic mass is 10.2. The Morgan fingerprint density at radius 1 is 1.07 bits per heavy atom. The fourth-order valence-corrected chi connectivity index (χ4v) is 1.30. The third kappa shape index (κ3) is 2.35. The van der Waals surface area contributed by atoms with Crippen molar-refractivity contribution in [1.82, 2.24) is 15.0 Å². The highest BCUT2D eigenvalue weighted by Gasteiger charge is 1.99. The van der Waals surface area contributed by atoms with Crippen LogP contribution in [0.4, 0.5) is 0 Å². The minimum Gasteiger partial charge on any atom is -0.330 e. The molecule has 2 rings (SSSR count). The first-order chi connectivity index (χ1) is 7.40. The first-order valence-electron chi connectivity index (χ1n) is 4.81. The minimum atomic E-state index is 0.623. The number of nitrogens with two attached hydrogens (primary N) is 1. The highest BCUT2D eigenvalue weighted by Crippen LogP contribution is 2.12. The average Bonchev–Trinajstić information content (AvgIpc) is 2.32. The molecule has 0 aliphatic rings. The monoisotopic (exact) mass is 200 g/mol. The molecule has 0 radical (unpaired) electrons. The molecule has 0 aliphatic heterocycles. The Morgan fingerprint density at radius 3 is 2.33 bits per heavy atom. The quantitative estimate of drug-likeness (QED) is 0.804. The summed E-state index contributed by atoms with van der Waals surface area (Å²) in [5.41, 5.74) is 7.49. The molecule has 0 aliphatic carbocycles. The van der Waals surface area contributed by atoms with Crippen molar-refractivity contribution in [3.05, 3.63) is 42.5 Å². The molecule has 2 heterocycles. The smallest absolute Gasteiger partial charge is 0.159 e. The minimum absolute atomic E-state index is 0.623. The van der Waals surface area contributed by atoms with Crippen molar-refractivity contribution >= 4 is 0 Å². The predicted octanol–water partition coefficient (Wildman–Crippen LogP) is 1.04. The number of pyridine rings is 1. The van der Waals surface area contributed by atoms with Gasteiger partial charge in [0.15, 0.2) is 5.82 Å². The van der Waals surface area contributed by atoms with Crippen LogP contribution in [-0.4, -0.2) is 21.5 Å². The van der Waals surface area contributed by atoms with Gasteiger partial charge in [0.2, 0.25) is 0 Å². The van der Waals surface area contributed by atoms with E-state index < -0.39 is 0 Å². The summed E-state index contributed by atoms with van der Waals surface area (Å²) in [6.45, 7) is 0.623. The van der Waals surface area contributed by atoms with E-state index >= 15 is 0 Å². The third-order valence-corrected chi connectivity index (χ3v) is 2.08. The fraction of sp³-hybridized carbons (Fsp3) is 0.182. The normalized spacial score (nSPS) is 10.2. The maximum Gasteiger partial charge on any atom is 0.159 e. The lowest BCUT2D eigenvalue weighted by Gasteiger charge is -2.00. The van der Waals surface area contributed by atoms with Crippen LogP contribution < -0.4 is 5.73 Å². The van der Waals surface area contributed by atoms with E-state index in [1.54, 1.807) is 12.4 Å². The maximum absolute atomic E-state index is 5.45. The van der Waals surface area contributed by atoms with Crippen LogP contribution in [0.25, 0.3) is 11.4 Å². The Labute approximate surface area is 88.2 Å². The lowest BCUT2D eigenvalue weighted by Crippen LogP contribution is -2.03. The molecular formula is C11H12N4. The van der Waals surface area contributed by atoms with Crippen molar-refractivity contribution in [2.45, 2.75) is 6.42 Å². The van der Waals surface area contributed by atoms with Crippen molar-refractivity contribution in [1.29, 1.82) is 0 Å². The molecular weight excluding hydrogens is 188 g/mol. The van der Waals surface area contributed by atoms with E-state index in [4.69, 9.17) is 5.73 Å². The number of nitrogens with zero attached hydrogens (tertiary/aromatic N) is 3. The van der Waals surface area contributed by atoms with E-state index in [9.17, 15) is 0 Å². The second kappa shape index (κ2) is 4.61. The molecule has 0 amide bonds. The van der Waals surface area contributed by atoms with Gasteiger partial charge in [-0.15, -0.1) is 0 Å². The van der Waals surface area contributed by atoms with Crippen LogP contribution in [0.5, 0.6) is 0 Å². The van der Waals surface area contributed by atoms with Gasteiger partial charge >= 0.3 is 0 Å². The van der Waals surface area contributed by atoms with Crippen LogP contribution in [0, 0.1) is 0 Å². The molecule has 0 saturated carbocycles. The van der Waals surface area contributed by atoms with Gasteiger partial charge in [0.25, 0.3) is 0 Å². The van der Waals surface area contributed by atoms with Crippen LogP contribution in [0.3, 0.4) is 0 Å². The number of rotatable bonds is 3. The molecule has 0 bridgehead atoms. The third-order valence-electron chi connectivity index (χ3n) is 2.08. The van der Waals surface area contributed by atoms with E-state index in [0.717, 1.165) is 23.4 Å². The summed E-state index contributed by atoms with van der Waals surface area (Å²) in [6.07, 6.45) is 7.90. The van der Waals surface area contributed by atoms with E-state index in [-0.39, 0.29) is 0 Å². The Balaban J connectivity index is 2.24. The molecule has 0 spiro atoms. The second-order valence-electron chi connectivity index (χ2n) is 3.19. The molecule has 0 saturated heterocycles. The average molecular weight is 200 g/mol. The molecule has 2 aromatic rings. The lowest BCUT2D eigenvalue weighted by molar-refractivity contribution is 0.943. The van der Waals surface area contributed by atoms with Crippen molar-refractivity contribution in [2.75, 3.05) is 6.54 Å². The molecule has 2 aromatic heterocycles. The number of hydrogen-bond acceptors (Lipinski definition) is 4. The van der Waals surface area contributed by atoms with E-state index in [0.29, 0.717) is 6.54 Å². The molecule has 0 unspecified atom stereocenters. The number of aromatic nitrogens is 3. The summed E-state index contributed by atoms with van der Waals surface area (Å²) in [7, 11) is 0. The first kappa shape index (κ1) is 9.73. The van der Waals surface area contributed by atoms with Crippen LogP contribution >= 0.6 is 0 Å². The van der Waals surface area contributed by atoms with Gasteiger partial charge in [0, 0.05) is 30.4 Å². The molecule has 4 nitrogen and oxygen atoms in total. The van der Waals surface area contributed by atoms with Gasteiger partial charge in [0.05, 0.1) is 0 Å². The molecule has 0 fully saturated rings. The maximum atomic E-state index is 5.45. The van der Waals surface area contributed by atoms with Gasteiger partial charge in [-0.25, -0.2) is 9.97 Å². The van der Waals surface area contributed by atoms with Crippen molar-refractivity contribution in [2.24, 2.45) is 5.73 Å². The summed E-state index contributed by atoms with van der Waals surface area (Å²) >= 11 is 0. The summed E-state index contributed by atoms with van der Waals surface area (Å²) < 4.78 is 0. The standard InChI is InChI=1S/C11H12N4/c12-4-1-9-7-14-11(15-8-9)10-2-5-13-6-3-10/h2-3,5-8H,1,4,12H2. The van der Waals surface area contributed by atoms with Gasteiger partial charge < -0.3 is 5.73 Å². The van der Waals surface area contributed by atoms with Crippen LogP contribution in [-0.2, 0) is 6.42 Å². The zero-order valence-corrected chi connectivity index (χ0v) is 8.30.